The first-order valence-electron chi connectivity index (χ1n) is 4.42. The zero-order valence-corrected chi connectivity index (χ0v) is 10.7. The monoisotopic (exact) mass is 274 g/mol. The van der Waals surface area contributed by atoms with E-state index in [-0.39, 0.29) is 27.6 Å². The molecule has 0 bridgehead atoms. The molecular weight excluding hydrogens is 260 g/mol. The second-order valence-electron chi connectivity index (χ2n) is 4.38. The molecule has 0 aliphatic rings. The molecule has 84 valence electrons. The molecule has 1 rings (SSSR count). The molecule has 0 N–H and O–H groups in total. The fourth-order valence-electron chi connectivity index (χ4n) is 1.32. The van der Waals surface area contributed by atoms with E-state index in [4.69, 9.17) is 0 Å². The molecule has 15 heavy (non-hydrogen) atoms. The zero-order chi connectivity index (χ0) is 10.8. The predicted octanol–water partition coefficient (Wildman–Crippen LogP) is -1.19. The Kier molecular flexibility index (Phi) is 4.90. The molecule has 0 saturated carbocycles. The van der Waals surface area contributed by atoms with Crippen LogP contribution in [-0.2, 0) is 6.54 Å². The molecule has 1 aromatic rings. The zero-order valence-electron chi connectivity index (χ0n) is 9.11. The van der Waals surface area contributed by atoms with Crippen LogP contribution in [0.2, 0.25) is 0 Å². The second-order valence-corrected chi connectivity index (χ2v) is 4.38. The van der Waals surface area contributed by atoms with Crippen LogP contribution in [0.15, 0.2) is 24.3 Å². The standard InChI is InChI=1S/C10H15N2O2.BrH/c1-12(2,3)8-9-5-4-6-10(7-9)11(13)14;/h4-7H,8H2,1-3H3;1H/q+1;/p-1. The molecule has 0 heterocycles. The number of nitro benzene ring substituents is 1. The lowest BCUT2D eigenvalue weighted by atomic mass is 10.2. The number of nitro groups is 1. The summed E-state index contributed by atoms with van der Waals surface area (Å²) in [5.41, 5.74) is 1.16. The molecule has 1 aromatic carbocycles. The van der Waals surface area contributed by atoms with Crippen LogP contribution in [0.1, 0.15) is 5.56 Å². The molecule has 0 atom stereocenters. The van der Waals surface area contributed by atoms with Gasteiger partial charge in [0.2, 0.25) is 0 Å². The smallest absolute Gasteiger partial charge is 0.269 e. The van der Waals surface area contributed by atoms with E-state index >= 15 is 0 Å². The minimum atomic E-state index is -0.362. The van der Waals surface area contributed by atoms with Gasteiger partial charge in [0.1, 0.15) is 6.54 Å². The van der Waals surface area contributed by atoms with E-state index in [9.17, 15) is 10.1 Å². The van der Waals surface area contributed by atoms with E-state index in [1.165, 1.54) is 6.07 Å². The maximum absolute atomic E-state index is 10.5. The lowest BCUT2D eigenvalue weighted by Crippen LogP contribution is -3.00. The third-order valence-corrected chi connectivity index (χ3v) is 1.78. The Morgan fingerprint density at radius 3 is 2.40 bits per heavy atom. The van der Waals surface area contributed by atoms with Crippen molar-refractivity contribution < 1.29 is 26.4 Å². The Hall–Kier alpha value is -0.940. The van der Waals surface area contributed by atoms with E-state index in [2.05, 4.69) is 21.1 Å². The van der Waals surface area contributed by atoms with Crippen molar-refractivity contribution >= 4 is 5.69 Å². The van der Waals surface area contributed by atoms with Gasteiger partial charge in [-0.05, 0) is 0 Å². The normalized spacial score (nSPS) is 10.6. The molecule has 0 amide bonds. The van der Waals surface area contributed by atoms with E-state index in [0.717, 1.165) is 16.6 Å². The Bertz CT molecular complexity index is 348. The van der Waals surface area contributed by atoms with Gasteiger partial charge in [0.15, 0.2) is 0 Å². The first-order valence-corrected chi connectivity index (χ1v) is 4.42. The van der Waals surface area contributed by atoms with E-state index in [1.54, 1.807) is 12.1 Å². The van der Waals surface area contributed by atoms with Gasteiger partial charge in [0, 0.05) is 17.7 Å². The van der Waals surface area contributed by atoms with Crippen LogP contribution in [0, 0.1) is 10.1 Å². The topological polar surface area (TPSA) is 43.1 Å². The quantitative estimate of drug-likeness (QED) is 0.395. The highest BCUT2D eigenvalue weighted by Crippen LogP contribution is 2.15. The van der Waals surface area contributed by atoms with Crippen LogP contribution in [0.5, 0.6) is 0 Å². The van der Waals surface area contributed by atoms with Gasteiger partial charge in [0.05, 0.1) is 26.1 Å². The molecule has 0 fully saturated rings. The van der Waals surface area contributed by atoms with Crippen LogP contribution in [-0.4, -0.2) is 30.5 Å². The number of hydrogen-bond donors (Lipinski definition) is 0. The summed E-state index contributed by atoms with van der Waals surface area (Å²) in [6.07, 6.45) is 0. The van der Waals surface area contributed by atoms with Gasteiger partial charge < -0.3 is 21.5 Å². The lowest BCUT2D eigenvalue weighted by molar-refractivity contribution is -0.884. The fourth-order valence-corrected chi connectivity index (χ4v) is 1.32. The third kappa shape index (κ3) is 4.90. The number of non-ortho nitro benzene ring substituents is 1. The van der Waals surface area contributed by atoms with Gasteiger partial charge in [-0.3, -0.25) is 10.1 Å². The molecule has 4 nitrogen and oxygen atoms in total. The van der Waals surface area contributed by atoms with Crippen molar-refractivity contribution in [3.63, 3.8) is 0 Å². The summed E-state index contributed by atoms with van der Waals surface area (Å²) in [4.78, 5) is 10.2. The van der Waals surface area contributed by atoms with Crippen LogP contribution in [0.3, 0.4) is 0 Å². The van der Waals surface area contributed by atoms with Crippen molar-refractivity contribution in [2.24, 2.45) is 0 Å². The molecule has 0 aliphatic heterocycles. The maximum atomic E-state index is 10.5. The summed E-state index contributed by atoms with van der Waals surface area (Å²) in [5, 5.41) is 10.5. The average Bonchev–Trinajstić information content (AvgIpc) is 2.01. The van der Waals surface area contributed by atoms with Gasteiger partial charge >= 0.3 is 0 Å². The first-order chi connectivity index (χ1) is 6.38. The highest BCUT2D eigenvalue weighted by atomic mass is 79.9. The number of rotatable bonds is 3. The maximum Gasteiger partial charge on any atom is 0.269 e. The third-order valence-electron chi connectivity index (χ3n) is 1.78. The summed E-state index contributed by atoms with van der Waals surface area (Å²) >= 11 is 0. The highest BCUT2D eigenvalue weighted by molar-refractivity contribution is 5.33. The number of hydrogen-bond acceptors (Lipinski definition) is 2. The summed E-state index contributed by atoms with van der Waals surface area (Å²) < 4.78 is 0.765. The summed E-state index contributed by atoms with van der Waals surface area (Å²) in [6.45, 7) is 0.793. The molecule has 0 aliphatic carbocycles. The van der Waals surface area contributed by atoms with Crippen molar-refractivity contribution in [1.29, 1.82) is 0 Å². The van der Waals surface area contributed by atoms with Gasteiger partial charge in [0.25, 0.3) is 5.69 Å². The van der Waals surface area contributed by atoms with Gasteiger partial charge in [-0.25, -0.2) is 0 Å². The summed E-state index contributed by atoms with van der Waals surface area (Å²) in [7, 11) is 6.16. The second kappa shape index (κ2) is 5.23. The molecule has 5 heteroatoms. The van der Waals surface area contributed by atoms with Gasteiger partial charge in [-0.2, -0.15) is 0 Å². The van der Waals surface area contributed by atoms with Crippen LogP contribution in [0.4, 0.5) is 5.69 Å². The number of halogens is 1. The Morgan fingerprint density at radius 1 is 1.33 bits per heavy atom. The average molecular weight is 275 g/mol. The largest absolute Gasteiger partial charge is 1.00 e. The SMILES string of the molecule is C[N+](C)(C)Cc1cccc([N+](=O)[O-])c1.[Br-]. The number of benzene rings is 1. The summed E-state index contributed by atoms with van der Waals surface area (Å²) in [5.74, 6) is 0. The van der Waals surface area contributed by atoms with E-state index in [0.29, 0.717) is 0 Å². The van der Waals surface area contributed by atoms with E-state index < -0.39 is 0 Å². The fraction of sp³-hybridized carbons (Fsp3) is 0.400. The minimum absolute atomic E-state index is 0. The van der Waals surface area contributed by atoms with Crippen LogP contribution < -0.4 is 17.0 Å². The van der Waals surface area contributed by atoms with Gasteiger partial charge in [-0.1, -0.05) is 12.1 Å². The lowest BCUT2D eigenvalue weighted by Gasteiger charge is -2.23. The van der Waals surface area contributed by atoms with Crippen molar-refractivity contribution in [1.82, 2.24) is 0 Å². The molecular formula is C10H15BrN2O2. The number of nitrogens with zero attached hydrogens (tertiary/aromatic N) is 2. The van der Waals surface area contributed by atoms with Crippen molar-refractivity contribution in [3.05, 3.63) is 39.9 Å². The minimum Gasteiger partial charge on any atom is -1.00 e. The summed E-state index contributed by atoms with van der Waals surface area (Å²) in [6, 6.07) is 6.78. The predicted molar refractivity (Wildman–Crippen MR) is 54.8 cm³/mol. The molecule has 0 radical (unpaired) electrons. The molecule has 0 unspecified atom stereocenters. The Morgan fingerprint density at radius 2 is 1.93 bits per heavy atom. The Labute approximate surface area is 100 Å². The van der Waals surface area contributed by atoms with Crippen molar-refractivity contribution in [2.75, 3.05) is 21.1 Å². The van der Waals surface area contributed by atoms with E-state index in [1.807, 2.05) is 6.07 Å². The molecule has 0 saturated heterocycles. The van der Waals surface area contributed by atoms with Crippen LogP contribution >= 0.6 is 0 Å². The van der Waals surface area contributed by atoms with Crippen molar-refractivity contribution in [3.8, 4) is 0 Å². The molecule has 0 aromatic heterocycles. The van der Waals surface area contributed by atoms with Crippen LogP contribution in [0.25, 0.3) is 0 Å². The highest BCUT2D eigenvalue weighted by Gasteiger charge is 2.11. The number of quaternary nitrogens is 1. The first kappa shape index (κ1) is 14.1. The van der Waals surface area contributed by atoms with Gasteiger partial charge in [-0.15, -0.1) is 0 Å². The Balaban J connectivity index is 0.00000196. The molecule has 0 spiro atoms. The van der Waals surface area contributed by atoms with Crippen molar-refractivity contribution in [2.45, 2.75) is 6.54 Å².